The van der Waals surface area contributed by atoms with Crippen molar-refractivity contribution in [1.82, 2.24) is 4.98 Å². The molecule has 2 rings (SSSR count). The maximum absolute atomic E-state index is 5.32. The number of benzene rings is 1. The molecule has 1 aromatic heterocycles. The second kappa shape index (κ2) is 4.09. The van der Waals surface area contributed by atoms with Crippen LogP contribution >= 0.6 is 0 Å². The van der Waals surface area contributed by atoms with Crippen molar-refractivity contribution in [3.8, 4) is 17.0 Å². The van der Waals surface area contributed by atoms with Gasteiger partial charge in [-0.25, -0.2) is 4.57 Å². The molecular formula is C12H13N2O+. The van der Waals surface area contributed by atoms with Crippen molar-refractivity contribution in [1.29, 1.82) is 0 Å². The van der Waals surface area contributed by atoms with Gasteiger partial charge in [0.2, 0.25) is 0 Å². The SMILES string of the molecule is COc1ccccc1-c1ccnc[n+]1C. The first-order chi connectivity index (χ1) is 7.33. The van der Waals surface area contributed by atoms with Gasteiger partial charge in [-0.3, -0.25) is 0 Å². The van der Waals surface area contributed by atoms with E-state index in [-0.39, 0.29) is 0 Å². The fraction of sp³-hybridized carbons (Fsp3) is 0.167. The van der Waals surface area contributed by atoms with E-state index in [1.807, 2.05) is 41.9 Å². The summed E-state index contributed by atoms with van der Waals surface area (Å²) in [5.41, 5.74) is 2.16. The molecule has 0 aliphatic rings. The normalized spacial score (nSPS) is 10.0. The summed E-state index contributed by atoms with van der Waals surface area (Å²) in [7, 11) is 3.65. The largest absolute Gasteiger partial charge is 0.496 e. The lowest BCUT2D eigenvalue weighted by atomic mass is 10.1. The number of aromatic nitrogens is 2. The second-order valence-electron chi connectivity index (χ2n) is 3.28. The van der Waals surface area contributed by atoms with Crippen molar-refractivity contribution in [2.24, 2.45) is 7.05 Å². The Hall–Kier alpha value is -1.90. The highest BCUT2D eigenvalue weighted by atomic mass is 16.5. The number of aryl methyl sites for hydroxylation is 1. The average Bonchev–Trinajstić information content (AvgIpc) is 2.30. The molecule has 0 fully saturated rings. The molecule has 0 amide bonds. The molecule has 0 spiro atoms. The molecule has 0 aliphatic heterocycles. The molecule has 0 bridgehead atoms. The number of hydrogen-bond donors (Lipinski definition) is 0. The molecule has 3 nitrogen and oxygen atoms in total. The Morgan fingerprint density at radius 1 is 1.20 bits per heavy atom. The van der Waals surface area contributed by atoms with Crippen LogP contribution in [0.15, 0.2) is 42.9 Å². The van der Waals surface area contributed by atoms with Crippen LogP contribution in [0.4, 0.5) is 0 Å². The van der Waals surface area contributed by atoms with Gasteiger partial charge in [0.25, 0.3) is 6.33 Å². The van der Waals surface area contributed by atoms with Gasteiger partial charge in [0, 0.05) is 6.07 Å². The first kappa shape index (κ1) is 9.65. The Morgan fingerprint density at radius 3 is 2.73 bits per heavy atom. The number of para-hydroxylation sites is 1. The van der Waals surface area contributed by atoms with Crippen LogP contribution in [0.1, 0.15) is 0 Å². The fourth-order valence-electron chi connectivity index (χ4n) is 1.57. The number of methoxy groups -OCH3 is 1. The lowest BCUT2D eigenvalue weighted by Crippen LogP contribution is -2.31. The molecule has 15 heavy (non-hydrogen) atoms. The predicted molar refractivity (Wildman–Crippen MR) is 57.4 cm³/mol. The van der Waals surface area contributed by atoms with Crippen LogP contribution < -0.4 is 9.30 Å². The maximum atomic E-state index is 5.32. The number of ether oxygens (including phenoxy) is 1. The Bertz CT molecular complexity index is 469. The minimum absolute atomic E-state index is 0.874. The van der Waals surface area contributed by atoms with Crippen molar-refractivity contribution < 1.29 is 9.30 Å². The van der Waals surface area contributed by atoms with E-state index in [1.54, 1.807) is 19.6 Å². The second-order valence-corrected chi connectivity index (χ2v) is 3.28. The van der Waals surface area contributed by atoms with Gasteiger partial charge in [-0.2, -0.15) is 0 Å². The summed E-state index contributed by atoms with van der Waals surface area (Å²) < 4.78 is 7.29. The van der Waals surface area contributed by atoms with Crippen molar-refractivity contribution in [3.63, 3.8) is 0 Å². The van der Waals surface area contributed by atoms with Crippen molar-refractivity contribution in [2.45, 2.75) is 0 Å². The minimum atomic E-state index is 0.874. The molecule has 0 atom stereocenters. The van der Waals surface area contributed by atoms with Crippen LogP contribution in [-0.2, 0) is 7.05 Å². The van der Waals surface area contributed by atoms with Crippen molar-refractivity contribution in [2.75, 3.05) is 7.11 Å². The monoisotopic (exact) mass is 201 g/mol. The Morgan fingerprint density at radius 2 is 2.00 bits per heavy atom. The lowest BCUT2D eigenvalue weighted by molar-refractivity contribution is -0.663. The Kier molecular flexibility index (Phi) is 2.63. The Labute approximate surface area is 89.0 Å². The van der Waals surface area contributed by atoms with Gasteiger partial charge in [-0.15, -0.1) is 0 Å². The zero-order valence-electron chi connectivity index (χ0n) is 8.84. The molecule has 1 heterocycles. The standard InChI is InChI=1S/C12H13N2O/c1-14-9-13-8-7-11(14)10-5-3-4-6-12(10)15-2/h3-9H,1-2H3/q+1. The minimum Gasteiger partial charge on any atom is -0.496 e. The maximum Gasteiger partial charge on any atom is 0.286 e. The summed E-state index contributed by atoms with van der Waals surface area (Å²) in [4.78, 5) is 4.05. The topological polar surface area (TPSA) is 26.0 Å². The molecule has 3 heteroatoms. The molecular weight excluding hydrogens is 188 g/mol. The van der Waals surface area contributed by atoms with Crippen LogP contribution in [0.5, 0.6) is 5.75 Å². The third kappa shape index (κ3) is 1.81. The molecule has 0 saturated heterocycles. The molecule has 0 unspecified atom stereocenters. The summed E-state index contributed by atoms with van der Waals surface area (Å²) in [6.07, 6.45) is 3.56. The van der Waals surface area contributed by atoms with Crippen LogP contribution in [0.2, 0.25) is 0 Å². The molecule has 0 N–H and O–H groups in total. The highest BCUT2D eigenvalue weighted by Gasteiger charge is 2.10. The van der Waals surface area contributed by atoms with Crippen LogP contribution in [0.25, 0.3) is 11.3 Å². The van der Waals surface area contributed by atoms with E-state index in [0.29, 0.717) is 0 Å². The van der Waals surface area contributed by atoms with Gasteiger partial charge in [-0.05, 0) is 12.1 Å². The van der Waals surface area contributed by atoms with E-state index in [9.17, 15) is 0 Å². The first-order valence-electron chi connectivity index (χ1n) is 4.76. The molecule has 1 aromatic carbocycles. The lowest BCUT2D eigenvalue weighted by Gasteiger charge is -2.07. The van der Waals surface area contributed by atoms with E-state index in [2.05, 4.69) is 4.98 Å². The highest BCUT2D eigenvalue weighted by Crippen LogP contribution is 2.26. The zero-order valence-corrected chi connectivity index (χ0v) is 8.84. The average molecular weight is 201 g/mol. The van der Waals surface area contributed by atoms with Gasteiger partial charge in [0.15, 0.2) is 0 Å². The molecule has 0 saturated carbocycles. The van der Waals surface area contributed by atoms with Crippen molar-refractivity contribution in [3.05, 3.63) is 42.9 Å². The van der Waals surface area contributed by atoms with E-state index < -0.39 is 0 Å². The molecule has 0 aliphatic carbocycles. The number of rotatable bonds is 2. The molecule has 0 radical (unpaired) electrons. The summed E-state index contributed by atoms with van der Waals surface area (Å²) in [6.45, 7) is 0. The van der Waals surface area contributed by atoms with Gasteiger partial charge in [0.05, 0.1) is 19.7 Å². The van der Waals surface area contributed by atoms with Gasteiger partial charge < -0.3 is 4.74 Å². The van der Waals surface area contributed by atoms with E-state index in [1.165, 1.54) is 0 Å². The smallest absolute Gasteiger partial charge is 0.286 e. The van der Waals surface area contributed by atoms with Gasteiger partial charge in [0.1, 0.15) is 17.6 Å². The van der Waals surface area contributed by atoms with Crippen LogP contribution in [0, 0.1) is 0 Å². The summed E-state index contributed by atoms with van der Waals surface area (Å²) in [6, 6.07) is 9.92. The predicted octanol–water partition coefficient (Wildman–Crippen LogP) is 1.58. The quantitative estimate of drug-likeness (QED) is 0.689. The third-order valence-corrected chi connectivity index (χ3v) is 2.32. The fourth-order valence-corrected chi connectivity index (χ4v) is 1.57. The van der Waals surface area contributed by atoms with E-state index in [4.69, 9.17) is 4.74 Å². The first-order valence-corrected chi connectivity index (χ1v) is 4.76. The van der Waals surface area contributed by atoms with Crippen LogP contribution in [0.3, 0.4) is 0 Å². The third-order valence-electron chi connectivity index (χ3n) is 2.32. The Balaban J connectivity index is 2.59. The van der Waals surface area contributed by atoms with Gasteiger partial charge in [-0.1, -0.05) is 17.1 Å². The molecule has 76 valence electrons. The summed E-state index contributed by atoms with van der Waals surface area (Å²) >= 11 is 0. The molecule has 2 aromatic rings. The zero-order chi connectivity index (χ0) is 10.7. The van der Waals surface area contributed by atoms with Crippen molar-refractivity contribution >= 4 is 0 Å². The van der Waals surface area contributed by atoms with Crippen LogP contribution in [-0.4, -0.2) is 12.1 Å². The summed E-state index contributed by atoms with van der Waals surface area (Å²) in [5.74, 6) is 0.874. The number of nitrogens with zero attached hydrogens (tertiary/aromatic N) is 2. The van der Waals surface area contributed by atoms with E-state index in [0.717, 1.165) is 17.0 Å². The number of hydrogen-bond acceptors (Lipinski definition) is 2. The van der Waals surface area contributed by atoms with Gasteiger partial charge >= 0.3 is 0 Å². The highest BCUT2D eigenvalue weighted by molar-refractivity contribution is 5.64. The van der Waals surface area contributed by atoms with E-state index >= 15 is 0 Å². The summed E-state index contributed by atoms with van der Waals surface area (Å²) in [5, 5.41) is 0.